The van der Waals surface area contributed by atoms with Crippen LogP contribution in [0.3, 0.4) is 0 Å². The van der Waals surface area contributed by atoms with Crippen LogP contribution in [0.1, 0.15) is 30.0 Å². The number of aromatic nitrogens is 3. The largest absolute Gasteiger partial charge is 0.402 e. The van der Waals surface area contributed by atoms with Crippen LogP contribution >= 0.6 is 11.3 Å². The third-order valence-corrected chi connectivity index (χ3v) is 9.25. The number of alkyl halides is 3. The minimum Gasteiger partial charge on any atom is -0.402 e. The van der Waals surface area contributed by atoms with E-state index in [1.165, 1.54) is 0 Å². The Morgan fingerprint density at radius 1 is 1.05 bits per heavy atom. The highest BCUT2D eigenvalue weighted by atomic mass is 32.1. The molecule has 2 N–H and O–H groups in total. The maximum atomic E-state index is 14.1. The summed E-state index contributed by atoms with van der Waals surface area (Å²) >= 11 is 0.945. The predicted octanol–water partition coefficient (Wildman–Crippen LogP) is 5.40. The summed E-state index contributed by atoms with van der Waals surface area (Å²) < 4.78 is 53.8. The van der Waals surface area contributed by atoms with Gasteiger partial charge in [0.1, 0.15) is 15.4 Å². The van der Waals surface area contributed by atoms with E-state index in [-0.39, 0.29) is 34.8 Å². The summed E-state index contributed by atoms with van der Waals surface area (Å²) in [6.45, 7) is 3.04. The van der Waals surface area contributed by atoms with Crippen LogP contribution < -0.4 is 15.5 Å². The third kappa shape index (κ3) is 4.83. The summed E-state index contributed by atoms with van der Waals surface area (Å²) in [5, 5.41) is 14.3. The Labute approximate surface area is 253 Å². The number of nitrogens with zero attached hydrogens (tertiary/aromatic N) is 5. The summed E-state index contributed by atoms with van der Waals surface area (Å²) in [6.07, 6.45) is -2.00. The smallest absolute Gasteiger partial charge is 0.400 e. The molecule has 3 atom stereocenters. The van der Waals surface area contributed by atoms with Gasteiger partial charge in [-0.1, -0.05) is 77.1 Å². The molecule has 4 heterocycles. The number of carbonyl (C=O) groups is 1. The van der Waals surface area contributed by atoms with E-state index in [4.69, 9.17) is 14.1 Å². The Bertz CT molecular complexity index is 1780. The van der Waals surface area contributed by atoms with Gasteiger partial charge in [0.05, 0.1) is 30.2 Å². The number of fused-ring (bicyclic) bond motifs is 2. The molecule has 0 bridgehead atoms. The molecule has 1 saturated heterocycles. The quantitative estimate of drug-likeness (QED) is 0.275. The van der Waals surface area contributed by atoms with Crippen LogP contribution in [-0.2, 0) is 14.9 Å². The van der Waals surface area contributed by atoms with Gasteiger partial charge in [0.15, 0.2) is 5.69 Å². The van der Waals surface area contributed by atoms with Crippen molar-refractivity contribution in [1.29, 1.82) is 0 Å². The molecule has 7 rings (SSSR count). The van der Waals surface area contributed by atoms with Gasteiger partial charge in [-0.3, -0.25) is 4.79 Å². The third-order valence-electron chi connectivity index (χ3n) is 7.83. The van der Waals surface area contributed by atoms with Crippen LogP contribution in [0.5, 0.6) is 0 Å². The maximum Gasteiger partial charge on any atom is 0.400 e. The second kappa shape index (κ2) is 10.6. The molecule has 2 aromatic heterocycles. The normalized spacial score (nSPS) is 21.5. The van der Waals surface area contributed by atoms with Gasteiger partial charge in [-0.15, -0.1) is 5.10 Å². The van der Waals surface area contributed by atoms with Gasteiger partial charge in [-0.25, -0.2) is 9.98 Å². The van der Waals surface area contributed by atoms with E-state index < -0.39 is 23.7 Å². The van der Waals surface area contributed by atoms with Gasteiger partial charge in [-0.2, -0.15) is 13.2 Å². The fourth-order valence-electron chi connectivity index (χ4n) is 5.12. The number of benzodiazepines with no additional fused rings is 1. The average Bonchev–Trinajstić information content (AvgIpc) is 3.61. The number of nitrogens with one attached hydrogen (secondary N) is 2. The van der Waals surface area contributed by atoms with Gasteiger partial charge >= 0.3 is 12.2 Å². The first kappa shape index (κ1) is 28.2. The lowest BCUT2D eigenvalue weighted by molar-refractivity contribution is -0.180. The number of amides is 1. The molecular weight excluding hydrogens is 595 g/mol. The number of para-hydroxylation sites is 1. The van der Waals surface area contributed by atoms with Crippen molar-refractivity contribution < 1.29 is 27.1 Å². The van der Waals surface area contributed by atoms with Gasteiger partial charge in [-0.05, 0) is 19.9 Å². The van der Waals surface area contributed by atoms with E-state index in [1.54, 1.807) is 6.07 Å². The number of anilines is 3. The van der Waals surface area contributed by atoms with Crippen LogP contribution in [0, 0.1) is 0 Å². The summed E-state index contributed by atoms with van der Waals surface area (Å²) in [7, 11) is 0. The zero-order valence-electron chi connectivity index (χ0n) is 23.5. The molecule has 14 heteroatoms. The first-order valence-corrected chi connectivity index (χ1v) is 14.7. The van der Waals surface area contributed by atoms with E-state index >= 15 is 0 Å². The van der Waals surface area contributed by atoms with Crippen molar-refractivity contribution in [1.82, 2.24) is 15.2 Å². The summed E-state index contributed by atoms with van der Waals surface area (Å²) in [4.78, 5) is 24.4. The highest BCUT2D eigenvalue weighted by Crippen LogP contribution is 2.48. The number of carbonyl (C=O) groups excluding carboxylic acids is 1. The van der Waals surface area contributed by atoms with Crippen molar-refractivity contribution in [2.75, 3.05) is 28.7 Å². The lowest BCUT2D eigenvalue weighted by atomic mass is 9.94. The molecule has 44 heavy (non-hydrogen) atoms. The highest BCUT2D eigenvalue weighted by molar-refractivity contribution is 7.16. The number of benzene rings is 2. The Balaban J connectivity index is 1.24. The van der Waals surface area contributed by atoms with Crippen LogP contribution in [0.25, 0.3) is 11.6 Å². The highest BCUT2D eigenvalue weighted by Gasteiger charge is 2.51. The molecule has 2 aliphatic heterocycles. The summed E-state index contributed by atoms with van der Waals surface area (Å²) in [5.41, 5.74) is 0.626. The molecule has 1 amide bonds. The Kier molecular flexibility index (Phi) is 6.77. The monoisotopic (exact) mass is 621 g/mol. The number of ether oxygens (including phenoxy) is 1. The van der Waals surface area contributed by atoms with Crippen LogP contribution in [0.2, 0.25) is 0 Å². The van der Waals surface area contributed by atoms with Crippen molar-refractivity contribution in [3.05, 3.63) is 82.9 Å². The van der Waals surface area contributed by atoms with E-state index in [0.29, 0.717) is 29.6 Å². The summed E-state index contributed by atoms with van der Waals surface area (Å²) in [6, 6.07) is 16.5. The van der Waals surface area contributed by atoms with Crippen molar-refractivity contribution in [3.8, 4) is 11.6 Å². The Morgan fingerprint density at radius 3 is 2.57 bits per heavy atom. The fourth-order valence-corrected chi connectivity index (χ4v) is 6.37. The van der Waals surface area contributed by atoms with Crippen LogP contribution in [0.4, 0.5) is 29.9 Å². The van der Waals surface area contributed by atoms with Crippen LogP contribution in [-0.4, -0.2) is 64.4 Å². The minimum absolute atomic E-state index is 0.0844. The predicted molar refractivity (Wildman–Crippen MR) is 159 cm³/mol. The zero-order valence-corrected chi connectivity index (χ0v) is 24.3. The van der Waals surface area contributed by atoms with Crippen LogP contribution in [0.15, 0.2) is 76.2 Å². The topological polar surface area (TPSA) is 118 Å². The molecular formula is C30H26F3N7O3S. The lowest BCUT2D eigenvalue weighted by Crippen LogP contribution is -2.53. The number of rotatable bonds is 6. The molecule has 0 saturated carbocycles. The molecule has 226 valence electrons. The second-order valence-corrected chi connectivity index (χ2v) is 12.0. The lowest BCUT2D eigenvalue weighted by Gasteiger charge is -2.43. The summed E-state index contributed by atoms with van der Waals surface area (Å²) in [5.74, 6) is -0.540. The maximum absolute atomic E-state index is 14.1. The fraction of sp³-hybridized carbons (Fsp3) is 0.300. The van der Waals surface area contributed by atoms with E-state index in [0.717, 1.165) is 36.3 Å². The molecule has 2 aromatic carbocycles. The van der Waals surface area contributed by atoms with E-state index in [1.807, 2.05) is 65.6 Å². The molecule has 3 aliphatic rings. The standard InChI is InChI=1S/C30H26F3N7O3S/c1-29(2,30(31,32)33)27-36-22(26(44-27)40-14-15-42-20-13-12-19(20)40)25-38-39-28(43-25)37-23-24(41)34-18-11-7-6-10-17(18)21(35-23)16-8-4-3-5-9-16/h3-13,19-20,23H,14-15H2,1-2H3,(H,34,41)(H,37,39)/t19-,20+,23-/m1/s1. The molecule has 4 aromatic rings. The Hall–Kier alpha value is -4.56. The molecule has 10 nitrogen and oxygen atoms in total. The van der Waals surface area contributed by atoms with Gasteiger partial charge in [0.25, 0.3) is 11.8 Å². The van der Waals surface area contributed by atoms with E-state index in [9.17, 15) is 18.0 Å². The van der Waals surface area contributed by atoms with E-state index in [2.05, 4.69) is 25.8 Å². The number of halogens is 3. The number of hydrogen-bond donors (Lipinski definition) is 2. The average molecular weight is 622 g/mol. The molecule has 0 unspecified atom stereocenters. The SMILES string of the molecule is CC(C)(c1nc(-c2nnc(N[C@H]3N=C(c4ccccc4)c4ccccc4NC3=O)o2)c(N2CCO[C@H]3C=C[C@H]32)s1)C(F)(F)F. The van der Waals surface area contributed by atoms with Gasteiger partial charge < -0.3 is 24.7 Å². The number of aliphatic imine (C=N–C) groups is 1. The van der Waals surface area contributed by atoms with Crippen molar-refractivity contribution in [2.45, 2.75) is 43.8 Å². The van der Waals surface area contributed by atoms with Gasteiger partial charge in [0.2, 0.25) is 6.17 Å². The number of morpholine rings is 1. The minimum atomic E-state index is -4.54. The first-order chi connectivity index (χ1) is 21.1. The number of hydrogen-bond acceptors (Lipinski definition) is 10. The van der Waals surface area contributed by atoms with Crippen molar-refractivity contribution in [3.63, 3.8) is 0 Å². The number of thiazole rings is 1. The Morgan fingerprint density at radius 2 is 1.82 bits per heavy atom. The van der Waals surface area contributed by atoms with Gasteiger partial charge in [0, 0.05) is 17.7 Å². The molecule has 1 aliphatic carbocycles. The molecule has 0 radical (unpaired) electrons. The first-order valence-electron chi connectivity index (χ1n) is 13.9. The molecule has 0 spiro atoms. The second-order valence-electron chi connectivity index (χ2n) is 11.0. The molecule has 1 fully saturated rings. The van der Waals surface area contributed by atoms with Crippen molar-refractivity contribution in [2.24, 2.45) is 4.99 Å². The zero-order chi connectivity index (χ0) is 30.6. The van der Waals surface area contributed by atoms with Crippen molar-refractivity contribution >= 4 is 39.7 Å².